The van der Waals surface area contributed by atoms with Crippen molar-refractivity contribution in [3.63, 3.8) is 0 Å². The molecule has 28 heavy (non-hydrogen) atoms. The fourth-order valence-corrected chi connectivity index (χ4v) is 7.10. The molecular weight excluding hydrogens is 336 g/mol. The normalized spacial score (nSPS) is 31.2. The molecule has 0 aliphatic heterocycles. The Morgan fingerprint density at radius 1 is 0.964 bits per heavy atom. The molecule has 1 fully saturated rings. The van der Waals surface area contributed by atoms with Gasteiger partial charge in [-0.25, -0.2) is 0 Å². The number of aryl methyl sites for hydroxylation is 1. The van der Waals surface area contributed by atoms with Crippen LogP contribution in [0.3, 0.4) is 0 Å². The fourth-order valence-electron chi connectivity index (χ4n) is 7.10. The molecule has 0 bridgehead atoms. The highest BCUT2D eigenvalue weighted by Gasteiger charge is 2.43. The van der Waals surface area contributed by atoms with Crippen molar-refractivity contribution in [2.75, 3.05) is 0 Å². The lowest BCUT2D eigenvalue weighted by Gasteiger charge is -2.47. The van der Waals surface area contributed by atoms with Gasteiger partial charge in [0.1, 0.15) is 0 Å². The zero-order chi connectivity index (χ0) is 20.1. The molecule has 1 aromatic carbocycles. The minimum Gasteiger partial charge on any atom is -0.0625 e. The Morgan fingerprint density at radius 2 is 1.75 bits per heavy atom. The summed E-state index contributed by atoms with van der Waals surface area (Å²) in [7, 11) is 0. The predicted molar refractivity (Wildman–Crippen MR) is 122 cm³/mol. The van der Waals surface area contributed by atoms with Crippen LogP contribution in [0.15, 0.2) is 6.07 Å². The highest BCUT2D eigenvalue weighted by atomic mass is 14.5. The molecular formula is C28H44. The van der Waals surface area contributed by atoms with Gasteiger partial charge in [-0.05, 0) is 115 Å². The van der Waals surface area contributed by atoms with Crippen molar-refractivity contribution < 1.29 is 0 Å². The molecule has 0 nitrogen and oxygen atoms in total. The zero-order valence-electron chi connectivity index (χ0n) is 19.5. The molecule has 0 spiro atoms. The van der Waals surface area contributed by atoms with Crippen LogP contribution >= 0.6 is 0 Å². The molecule has 3 aliphatic carbocycles. The molecule has 0 saturated heterocycles. The molecule has 0 amide bonds. The van der Waals surface area contributed by atoms with E-state index in [1.54, 1.807) is 16.7 Å². The summed E-state index contributed by atoms with van der Waals surface area (Å²) < 4.78 is 0. The monoisotopic (exact) mass is 380 g/mol. The fraction of sp³-hybridized carbons (Fsp3) is 0.786. The van der Waals surface area contributed by atoms with Crippen molar-refractivity contribution in [2.45, 2.75) is 118 Å². The van der Waals surface area contributed by atoms with Gasteiger partial charge in [-0.1, -0.05) is 59.9 Å². The van der Waals surface area contributed by atoms with Gasteiger partial charge < -0.3 is 0 Å². The Kier molecular flexibility index (Phi) is 5.71. The van der Waals surface area contributed by atoms with Crippen LogP contribution in [0.4, 0.5) is 0 Å². The molecule has 5 atom stereocenters. The Balaban J connectivity index is 1.60. The first kappa shape index (κ1) is 20.5. The smallest absolute Gasteiger partial charge is 0.0105 e. The first-order chi connectivity index (χ1) is 13.3. The molecule has 0 aromatic heterocycles. The summed E-state index contributed by atoms with van der Waals surface area (Å²) in [6.07, 6.45) is 14.2. The molecule has 0 N–H and O–H groups in total. The van der Waals surface area contributed by atoms with Gasteiger partial charge in [-0.2, -0.15) is 0 Å². The topological polar surface area (TPSA) is 0 Å². The Labute approximate surface area is 174 Å². The molecule has 1 saturated carbocycles. The van der Waals surface area contributed by atoms with Crippen LogP contribution < -0.4 is 0 Å². The van der Waals surface area contributed by atoms with Gasteiger partial charge in [0.25, 0.3) is 0 Å². The number of rotatable bonds is 5. The average molecular weight is 381 g/mol. The molecule has 1 aromatic rings. The van der Waals surface area contributed by atoms with Crippen molar-refractivity contribution in [2.24, 2.45) is 23.2 Å². The average Bonchev–Trinajstić information content (AvgIpc) is 3.11. The first-order valence-electron chi connectivity index (χ1n) is 12.5. The van der Waals surface area contributed by atoms with E-state index in [-0.39, 0.29) is 0 Å². The quantitative estimate of drug-likeness (QED) is 0.481. The second-order valence-electron chi connectivity index (χ2n) is 11.5. The lowest BCUT2D eigenvalue weighted by Crippen LogP contribution is -2.34. The maximum atomic E-state index is 2.67. The van der Waals surface area contributed by atoms with Crippen LogP contribution in [0.1, 0.15) is 126 Å². The van der Waals surface area contributed by atoms with Crippen LogP contribution in [0.5, 0.6) is 0 Å². The standard InChI is InChI=1S/C28H44/c1-18(2)19(3)10-11-20(4)22-12-13-24-23-14-16-28(6)15-8-7-9-26(28)25(23)17-21(5)27(22)24/h17-20,22,26H,7-16H2,1-6H3/t19-,20-,22-,26-,28+/m1/s1. The Hall–Kier alpha value is -0.780. The summed E-state index contributed by atoms with van der Waals surface area (Å²) in [6.45, 7) is 14.8. The summed E-state index contributed by atoms with van der Waals surface area (Å²) in [5.74, 6) is 4.18. The van der Waals surface area contributed by atoms with Gasteiger partial charge in [0.05, 0.1) is 0 Å². The second-order valence-corrected chi connectivity index (χ2v) is 11.5. The van der Waals surface area contributed by atoms with Crippen LogP contribution in [-0.4, -0.2) is 0 Å². The summed E-state index contributed by atoms with van der Waals surface area (Å²) >= 11 is 0. The van der Waals surface area contributed by atoms with E-state index in [2.05, 4.69) is 47.6 Å². The van der Waals surface area contributed by atoms with Crippen LogP contribution in [0.25, 0.3) is 0 Å². The summed E-state index contributed by atoms with van der Waals surface area (Å²) in [4.78, 5) is 0. The summed E-state index contributed by atoms with van der Waals surface area (Å²) in [5.41, 5.74) is 9.43. The van der Waals surface area contributed by atoms with E-state index in [1.807, 2.05) is 11.1 Å². The largest absolute Gasteiger partial charge is 0.0625 e. The third-order valence-corrected chi connectivity index (χ3v) is 9.47. The van der Waals surface area contributed by atoms with E-state index >= 15 is 0 Å². The molecule has 156 valence electrons. The first-order valence-corrected chi connectivity index (χ1v) is 12.5. The van der Waals surface area contributed by atoms with E-state index in [1.165, 1.54) is 64.2 Å². The van der Waals surface area contributed by atoms with E-state index in [4.69, 9.17) is 0 Å². The third-order valence-electron chi connectivity index (χ3n) is 9.47. The maximum Gasteiger partial charge on any atom is -0.0105 e. The van der Waals surface area contributed by atoms with Crippen LogP contribution in [0, 0.1) is 30.1 Å². The molecule has 0 heteroatoms. The second kappa shape index (κ2) is 7.81. The van der Waals surface area contributed by atoms with Crippen LogP contribution in [-0.2, 0) is 12.8 Å². The van der Waals surface area contributed by atoms with Gasteiger partial charge in [-0.15, -0.1) is 0 Å². The maximum absolute atomic E-state index is 2.67. The van der Waals surface area contributed by atoms with Crippen molar-refractivity contribution >= 4 is 0 Å². The molecule has 0 radical (unpaired) electrons. The van der Waals surface area contributed by atoms with Crippen LogP contribution in [0.2, 0.25) is 0 Å². The van der Waals surface area contributed by atoms with Crippen molar-refractivity contribution in [3.05, 3.63) is 33.9 Å². The number of hydrogen-bond acceptors (Lipinski definition) is 0. The minimum atomic E-state index is 0.588. The molecule has 0 heterocycles. The lowest BCUT2D eigenvalue weighted by atomic mass is 9.58. The van der Waals surface area contributed by atoms with Gasteiger partial charge in [0.15, 0.2) is 0 Å². The predicted octanol–water partition coefficient (Wildman–Crippen LogP) is 8.34. The Bertz CT molecular complexity index is 711. The highest BCUT2D eigenvalue weighted by molar-refractivity contribution is 5.53. The van der Waals surface area contributed by atoms with E-state index in [9.17, 15) is 0 Å². The molecule has 0 unspecified atom stereocenters. The van der Waals surface area contributed by atoms with Crippen molar-refractivity contribution in [1.82, 2.24) is 0 Å². The van der Waals surface area contributed by atoms with Gasteiger partial charge in [-0.3, -0.25) is 0 Å². The van der Waals surface area contributed by atoms with Gasteiger partial charge in [0, 0.05) is 0 Å². The van der Waals surface area contributed by atoms with E-state index in [0.29, 0.717) is 5.41 Å². The zero-order valence-corrected chi connectivity index (χ0v) is 19.5. The molecule has 3 aliphatic rings. The third kappa shape index (κ3) is 3.48. The van der Waals surface area contributed by atoms with E-state index in [0.717, 1.165) is 29.6 Å². The number of benzene rings is 1. The minimum absolute atomic E-state index is 0.588. The lowest BCUT2D eigenvalue weighted by molar-refractivity contribution is 0.147. The van der Waals surface area contributed by atoms with E-state index < -0.39 is 0 Å². The summed E-state index contributed by atoms with van der Waals surface area (Å²) in [5, 5.41) is 0. The SMILES string of the molecule is Cc1cc2c(c3c1[C@@H]([C@H](C)CC[C@@H](C)C(C)C)CC3)CC[C@]1(C)CCCC[C@H]21. The van der Waals surface area contributed by atoms with Gasteiger partial charge in [0.2, 0.25) is 0 Å². The van der Waals surface area contributed by atoms with Gasteiger partial charge >= 0.3 is 0 Å². The highest BCUT2D eigenvalue weighted by Crippen LogP contribution is 2.56. The van der Waals surface area contributed by atoms with Crippen molar-refractivity contribution in [3.8, 4) is 0 Å². The molecule has 4 rings (SSSR count). The summed E-state index contributed by atoms with van der Waals surface area (Å²) in [6, 6.07) is 2.67. The van der Waals surface area contributed by atoms with Crippen molar-refractivity contribution in [1.29, 1.82) is 0 Å². The Morgan fingerprint density at radius 3 is 2.50 bits per heavy atom. The number of hydrogen-bond donors (Lipinski definition) is 0. The number of fused-ring (bicyclic) bond motifs is 5.